The van der Waals surface area contributed by atoms with Crippen LogP contribution in [0.2, 0.25) is 0 Å². The molecule has 10 heteroatoms. The second kappa shape index (κ2) is 11.4. The molecule has 34 heavy (non-hydrogen) atoms. The number of halogens is 1. The van der Waals surface area contributed by atoms with Crippen LogP contribution in [0, 0.1) is 12.7 Å². The lowest BCUT2D eigenvalue weighted by molar-refractivity contribution is -0.139. The van der Waals surface area contributed by atoms with Crippen LogP contribution in [0.4, 0.5) is 10.1 Å². The van der Waals surface area contributed by atoms with Gasteiger partial charge >= 0.3 is 10.2 Å². The Morgan fingerprint density at radius 2 is 1.59 bits per heavy atom. The smallest absolute Gasteiger partial charge is 0.304 e. The molecule has 0 unspecified atom stereocenters. The minimum atomic E-state index is -4.08. The fourth-order valence-electron chi connectivity index (χ4n) is 3.28. The Kier molecular flexibility index (Phi) is 9.17. The van der Waals surface area contributed by atoms with Gasteiger partial charge in [-0.2, -0.15) is 12.7 Å². The zero-order valence-electron chi connectivity index (χ0n) is 20.4. The first kappa shape index (κ1) is 27.3. The number of carbonyl (C=O) groups is 2. The maximum Gasteiger partial charge on any atom is 0.304 e. The molecule has 0 aliphatic carbocycles. The van der Waals surface area contributed by atoms with Gasteiger partial charge < -0.3 is 10.2 Å². The second-order valence-electron chi connectivity index (χ2n) is 8.56. The number of rotatable bonds is 10. The predicted octanol–water partition coefficient (Wildman–Crippen LogP) is 2.69. The van der Waals surface area contributed by atoms with Gasteiger partial charge in [-0.05, 0) is 63.1 Å². The molecule has 2 aromatic carbocycles. The van der Waals surface area contributed by atoms with Crippen molar-refractivity contribution in [1.29, 1.82) is 0 Å². The third kappa shape index (κ3) is 6.77. The van der Waals surface area contributed by atoms with Crippen LogP contribution >= 0.6 is 0 Å². The number of amides is 2. The van der Waals surface area contributed by atoms with E-state index >= 15 is 0 Å². The van der Waals surface area contributed by atoms with Gasteiger partial charge in [0.15, 0.2) is 0 Å². The van der Waals surface area contributed by atoms with Crippen molar-refractivity contribution in [2.45, 2.75) is 46.3 Å². The molecule has 2 aromatic rings. The topological polar surface area (TPSA) is 90.0 Å². The van der Waals surface area contributed by atoms with E-state index in [9.17, 15) is 22.4 Å². The molecule has 0 aromatic heterocycles. The van der Waals surface area contributed by atoms with Gasteiger partial charge in [0.2, 0.25) is 11.8 Å². The molecule has 0 saturated carbocycles. The van der Waals surface area contributed by atoms with E-state index in [0.29, 0.717) is 0 Å². The number of nitrogens with zero attached hydrogens (tertiary/aromatic N) is 3. The molecule has 2 amide bonds. The van der Waals surface area contributed by atoms with Gasteiger partial charge in [-0.1, -0.05) is 24.3 Å². The highest BCUT2D eigenvalue weighted by molar-refractivity contribution is 7.90. The van der Waals surface area contributed by atoms with Crippen LogP contribution in [-0.4, -0.2) is 62.2 Å². The van der Waals surface area contributed by atoms with E-state index in [4.69, 9.17) is 0 Å². The fraction of sp³-hybridized carbons (Fsp3) is 0.417. The zero-order chi connectivity index (χ0) is 25.6. The summed E-state index contributed by atoms with van der Waals surface area (Å²) in [6, 6.07) is 11.3. The summed E-state index contributed by atoms with van der Waals surface area (Å²) in [5, 5.41) is 2.80. The first-order valence-corrected chi connectivity index (χ1v) is 12.3. The molecule has 0 aliphatic heterocycles. The van der Waals surface area contributed by atoms with E-state index < -0.39 is 34.5 Å². The summed E-state index contributed by atoms with van der Waals surface area (Å²) in [5.74, 6) is -1.44. The summed E-state index contributed by atoms with van der Waals surface area (Å²) in [7, 11) is -1.39. The molecule has 8 nitrogen and oxygen atoms in total. The van der Waals surface area contributed by atoms with Crippen LogP contribution in [0.1, 0.15) is 31.9 Å². The summed E-state index contributed by atoms with van der Waals surface area (Å²) in [5.41, 5.74) is 1.91. The van der Waals surface area contributed by atoms with Gasteiger partial charge in [-0.25, -0.2) is 8.70 Å². The molecule has 186 valence electrons. The van der Waals surface area contributed by atoms with Crippen molar-refractivity contribution >= 4 is 27.7 Å². The SMILES string of the molecule is Cc1ccccc1CN(C(=O)CN(c1ccc(F)cc1)S(=O)(=O)N(C)C)[C@H](C)C(=O)NC(C)C. The average Bonchev–Trinajstić information content (AvgIpc) is 2.76. The van der Waals surface area contributed by atoms with Gasteiger partial charge in [0.1, 0.15) is 18.4 Å². The van der Waals surface area contributed by atoms with Crippen LogP contribution < -0.4 is 9.62 Å². The Morgan fingerprint density at radius 3 is 2.12 bits per heavy atom. The highest BCUT2D eigenvalue weighted by atomic mass is 32.2. The number of nitrogens with one attached hydrogen (secondary N) is 1. The van der Waals surface area contributed by atoms with Crippen LogP contribution in [0.15, 0.2) is 48.5 Å². The van der Waals surface area contributed by atoms with E-state index in [1.807, 2.05) is 45.0 Å². The number of hydrogen-bond acceptors (Lipinski definition) is 4. The van der Waals surface area contributed by atoms with Crippen molar-refractivity contribution in [3.8, 4) is 0 Å². The third-order valence-electron chi connectivity index (χ3n) is 5.33. The van der Waals surface area contributed by atoms with Crippen molar-refractivity contribution in [3.63, 3.8) is 0 Å². The van der Waals surface area contributed by atoms with Crippen LogP contribution in [0.3, 0.4) is 0 Å². The lowest BCUT2D eigenvalue weighted by Gasteiger charge is -2.33. The van der Waals surface area contributed by atoms with Gasteiger partial charge in [-0.3, -0.25) is 9.59 Å². The first-order chi connectivity index (χ1) is 15.8. The minimum absolute atomic E-state index is 0.122. The van der Waals surface area contributed by atoms with Crippen molar-refractivity contribution in [2.24, 2.45) is 0 Å². The number of benzene rings is 2. The van der Waals surface area contributed by atoms with E-state index in [1.165, 1.54) is 31.1 Å². The summed E-state index contributed by atoms with van der Waals surface area (Å²) in [4.78, 5) is 27.7. The lowest BCUT2D eigenvalue weighted by atomic mass is 10.1. The number of carbonyl (C=O) groups excluding carboxylic acids is 2. The Morgan fingerprint density at radius 1 is 1.00 bits per heavy atom. The highest BCUT2D eigenvalue weighted by Gasteiger charge is 2.32. The molecule has 0 saturated heterocycles. The van der Waals surface area contributed by atoms with Crippen molar-refractivity contribution in [3.05, 3.63) is 65.5 Å². The zero-order valence-corrected chi connectivity index (χ0v) is 21.3. The molecule has 1 N–H and O–H groups in total. The summed E-state index contributed by atoms with van der Waals surface area (Å²) >= 11 is 0. The Balaban J connectivity index is 2.46. The number of aryl methyl sites for hydroxylation is 1. The van der Waals surface area contributed by atoms with Crippen molar-refractivity contribution in [2.75, 3.05) is 24.9 Å². The van der Waals surface area contributed by atoms with Crippen LogP contribution in [-0.2, 0) is 26.3 Å². The van der Waals surface area contributed by atoms with E-state index in [2.05, 4.69) is 5.32 Å². The largest absolute Gasteiger partial charge is 0.352 e. The summed E-state index contributed by atoms with van der Waals surface area (Å²) < 4.78 is 41.5. The van der Waals surface area contributed by atoms with Gasteiger partial charge in [0.25, 0.3) is 0 Å². The van der Waals surface area contributed by atoms with E-state index in [-0.39, 0.29) is 24.2 Å². The summed E-state index contributed by atoms with van der Waals surface area (Å²) in [6.07, 6.45) is 0. The predicted molar refractivity (Wildman–Crippen MR) is 131 cm³/mol. The number of hydrogen-bond donors (Lipinski definition) is 1. The molecule has 0 aliphatic rings. The minimum Gasteiger partial charge on any atom is -0.352 e. The standard InChI is InChI=1S/C24H33FN4O4S/c1-17(2)26-24(31)19(4)28(15-20-10-8-7-9-18(20)3)23(30)16-29(34(32,33)27(5)6)22-13-11-21(25)12-14-22/h7-14,17,19H,15-16H2,1-6H3,(H,26,31)/t19-/m1/s1. The van der Waals surface area contributed by atoms with Crippen LogP contribution in [0.25, 0.3) is 0 Å². The molecule has 0 radical (unpaired) electrons. The van der Waals surface area contributed by atoms with Gasteiger partial charge in [0, 0.05) is 26.7 Å². The number of anilines is 1. The highest BCUT2D eigenvalue weighted by Crippen LogP contribution is 2.21. The monoisotopic (exact) mass is 492 g/mol. The molecule has 2 rings (SSSR count). The van der Waals surface area contributed by atoms with Crippen molar-refractivity contribution in [1.82, 2.24) is 14.5 Å². The molecular weight excluding hydrogens is 459 g/mol. The summed E-state index contributed by atoms with van der Waals surface area (Å²) in [6.45, 7) is 6.71. The Labute approximate surface area is 201 Å². The van der Waals surface area contributed by atoms with E-state index in [0.717, 1.165) is 31.9 Å². The van der Waals surface area contributed by atoms with Crippen LogP contribution in [0.5, 0.6) is 0 Å². The maximum atomic E-state index is 13.6. The normalized spacial score (nSPS) is 12.5. The van der Waals surface area contributed by atoms with Gasteiger partial charge in [0.05, 0.1) is 5.69 Å². The molecule has 0 heterocycles. The molecular formula is C24H33FN4O4S. The quantitative estimate of drug-likeness (QED) is 0.552. The Hall–Kier alpha value is -2.98. The Bertz CT molecular complexity index is 1100. The van der Waals surface area contributed by atoms with E-state index in [1.54, 1.807) is 6.92 Å². The maximum absolute atomic E-state index is 13.6. The van der Waals surface area contributed by atoms with Gasteiger partial charge in [-0.15, -0.1) is 0 Å². The second-order valence-corrected chi connectivity index (χ2v) is 10.6. The molecule has 0 spiro atoms. The molecule has 0 bridgehead atoms. The average molecular weight is 493 g/mol. The van der Waals surface area contributed by atoms with Crippen molar-refractivity contribution < 1.29 is 22.4 Å². The fourth-order valence-corrected chi connectivity index (χ4v) is 4.34. The first-order valence-electron chi connectivity index (χ1n) is 10.9. The lowest BCUT2D eigenvalue weighted by Crippen LogP contribution is -2.53. The molecule has 1 atom stereocenters. The third-order valence-corrected chi connectivity index (χ3v) is 7.15. The molecule has 0 fully saturated rings.